The summed E-state index contributed by atoms with van der Waals surface area (Å²) in [5.41, 5.74) is 0. The number of nitrogens with one attached hydrogen (secondary N) is 1. The summed E-state index contributed by atoms with van der Waals surface area (Å²) in [6.07, 6.45) is 4.91. The number of sulfonamides is 1. The van der Waals surface area contributed by atoms with Gasteiger partial charge in [-0.2, -0.15) is 4.31 Å². The fourth-order valence-corrected chi connectivity index (χ4v) is 4.40. The Balaban J connectivity index is 2.09. The summed E-state index contributed by atoms with van der Waals surface area (Å²) in [7, 11) is -1.08. The predicted octanol–water partition coefficient (Wildman–Crippen LogP) is 0.552. The highest BCUT2D eigenvalue weighted by Gasteiger charge is 2.43. The monoisotopic (exact) mass is 232 g/mol. The lowest BCUT2D eigenvalue weighted by Gasteiger charge is -2.34. The minimum Gasteiger partial charge on any atom is -0.318 e. The fourth-order valence-electron chi connectivity index (χ4n) is 2.31. The van der Waals surface area contributed by atoms with Crippen LogP contribution in [0.5, 0.6) is 0 Å². The van der Waals surface area contributed by atoms with Gasteiger partial charge in [0, 0.05) is 19.1 Å². The van der Waals surface area contributed by atoms with E-state index >= 15 is 0 Å². The first-order chi connectivity index (χ1) is 7.16. The topological polar surface area (TPSA) is 49.4 Å². The van der Waals surface area contributed by atoms with Crippen LogP contribution in [0, 0.1) is 0 Å². The Hall–Kier alpha value is -0.130. The molecule has 15 heavy (non-hydrogen) atoms. The van der Waals surface area contributed by atoms with Crippen molar-refractivity contribution in [2.75, 3.05) is 20.1 Å². The lowest BCUT2D eigenvalue weighted by atomic mass is 10.1. The highest BCUT2D eigenvalue weighted by atomic mass is 32.2. The average Bonchev–Trinajstić information content (AvgIpc) is 3.02. The Labute approximate surface area is 92.1 Å². The Bertz CT molecular complexity index is 309. The average molecular weight is 232 g/mol. The third-order valence-corrected chi connectivity index (χ3v) is 5.73. The fraction of sp³-hybridized carbons (Fsp3) is 1.00. The highest BCUT2D eigenvalue weighted by Crippen LogP contribution is 2.34. The van der Waals surface area contributed by atoms with Gasteiger partial charge in [-0.25, -0.2) is 8.42 Å². The number of piperidine rings is 1. The van der Waals surface area contributed by atoms with Crippen LogP contribution >= 0.6 is 0 Å². The van der Waals surface area contributed by atoms with E-state index in [-0.39, 0.29) is 11.3 Å². The van der Waals surface area contributed by atoms with Crippen molar-refractivity contribution in [2.24, 2.45) is 0 Å². The lowest BCUT2D eigenvalue weighted by Crippen LogP contribution is -2.49. The molecule has 0 aromatic rings. The van der Waals surface area contributed by atoms with E-state index in [0.717, 1.165) is 45.2 Å². The molecule has 4 nitrogen and oxygen atoms in total. The third-order valence-electron chi connectivity index (χ3n) is 3.29. The van der Waals surface area contributed by atoms with Gasteiger partial charge in [-0.3, -0.25) is 0 Å². The Morgan fingerprint density at radius 2 is 2.00 bits per heavy atom. The van der Waals surface area contributed by atoms with Gasteiger partial charge in [0.05, 0.1) is 5.25 Å². The first-order valence-electron chi connectivity index (χ1n) is 5.81. The van der Waals surface area contributed by atoms with Crippen LogP contribution in [0.4, 0.5) is 0 Å². The van der Waals surface area contributed by atoms with E-state index in [4.69, 9.17) is 0 Å². The number of nitrogens with zero attached hydrogens (tertiary/aromatic N) is 1. The molecule has 0 bridgehead atoms. The SMILES string of the molecule is CNCC1CCCCN1S(=O)(=O)C1CC1. The molecule has 0 spiro atoms. The van der Waals surface area contributed by atoms with Crippen molar-refractivity contribution in [3.05, 3.63) is 0 Å². The van der Waals surface area contributed by atoms with Gasteiger partial charge in [0.1, 0.15) is 0 Å². The second-order valence-corrected chi connectivity index (χ2v) is 6.73. The summed E-state index contributed by atoms with van der Waals surface area (Å²) in [6, 6.07) is 0.189. The molecule has 1 heterocycles. The van der Waals surface area contributed by atoms with Gasteiger partial charge in [-0.15, -0.1) is 0 Å². The molecule has 1 aliphatic carbocycles. The minimum atomic E-state index is -2.97. The molecule has 0 radical (unpaired) electrons. The van der Waals surface area contributed by atoms with Crippen LogP contribution in [0.3, 0.4) is 0 Å². The molecule has 0 aromatic carbocycles. The molecule has 1 aliphatic heterocycles. The van der Waals surface area contributed by atoms with E-state index in [1.165, 1.54) is 0 Å². The first kappa shape index (κ1) is 11.4. The maximum absolute atomic E-state index is 12.1. The molecule has 5 heteroatoms. The molecule has 1 saturated heterocycles. The second kappa shape index (κ2) is 4.39. The summed E-state index contributed by atoms with van der Waals surface area (Å²) in [6.45, 7) is 1.51. The van der Waals surface area contributed by atoms with Crippen LogP contribution in [-0.2, 0) is 10.0 Å². The van der Waals surface area contributed by atoms with Crippen molar-refractivity contribution in [3.8, 4) is 0 Å². The smallest absolute Gasteiger partial charge is 0.217 e. The second-order valence-electron chi connectivity index (χ2n) is 4.56. The number of rotatable bonds is 4. The van der Waals surface area contributed by atoms with Gasteiger partial charge < -0.3 is 5.32 Å². The first-order valence-corrected chi connectivity index (χ1v) is 7.32. The number of hydrogen-bond acceptors (Lipinski definition) is 3. The molecule has 2 aliphatic rings. The number of likely N-dealkylation sites (N-methyl/N-ethyl adjacent to an activating group) is 1. The Kier molecular flexibility index (Phi) is 3.33. The van der Waals surface area contributed by atoms with Crippen LogP contribution in [0.25, 0.3) is 0 Å². The van der Waals surface area contributed by atoms with Crippen LogP contribution in [0.2, 0.25) is 0 Å². The highest BCUT2D eigenvalue weighted by molar-refractivity contribution is 7.90. The third kappa shape index (κ3) is 2.34. The van der Waals surface area contributed by atoms with Gasteiger partial charge in [-0.1, -0.05) is 6.42 Å². The van der Waals surface area contributed by atoms with Crippen LogP contribution < -0.4 is 5.32 Å². The molecule has 0 aromatic heterocycles. The summed E-state index contributed by atoms with van der Waals surface area (Å²) < 4.78 is 26.0. The molecule has 2 rings (SSSR count). The maximum Gasteiger partial charge on any atom is 0.217 e. The van der Waals surface area contributed by atoms with E-state index in [1.807, 2.05) is 7.05 Å². The summed E-state index contributed by atoms with van der Waals surface area (Å²) in [5.74, 6) is 0. The van der Waals surface area contributed by atoms with Crippen LogP contribution in [-0.4, -0.2) is 44.2 Å². The van der Waals surface area contributed by atoms with Gasteiger partial charge in [0.15, 0.2) is 0 Å². The standard InChI is InChI=1S/C10H20N2O2S/c1-11-8-9-4-2-3-7-12(9)15(13,14)10-5-6-10/h9-11H,2-8H2,1H3. The van der Waals surface area contributed by atoms with E-state index in [9.17, 15) is 8.42 Å². The van der Waals surface area contributed by atoms with E-state index in [2.05, 4.69) is 5.32 Å². The molecular weight excluding hydrogens is 212 g/mol. The van der Waals surface area contributed by atoms with E-state index < -0.39 is 10.0 Å². The Morgan fingerprint density at radius 1 is 1.27 bits per heavy atom. The van der Waals surface area contributed by atoms with Crippen molar-refractivity contribution >= 4 is 10.0 Å². The normalized spacial score (nSPS) is 29.3. The number of hydrogen-bond donors (Lipinski definition) is 1. The van der Waals surface area contributed by atoms with Crippen molar-refractivity contribution < 1.29 is 8.42 Å². The Morgan fingerprint density at radius 3 is 2.60 bits per heavy atom. The molecule has 2 fully saturated rings. The van der Waals surface area contributed by atoms with Gasteiger partial charge in [-0.05, 0) is 32.7 Å². The van der Waals surface area contributed by atoms with Gasteiger partial charge in [0.25, 0.3) is 0 Å². The largest absolute Gasteiger partial charge is 0.318 e. The summed E-state index contributed by atoms with van der Waals surface area (Å²) >= 11 is 0. The molecule has 1 saturated carbocycles. The van der Waals surface area contributed by atoms with Crippen molar-refractivity contribution in [1.82, 2.24) is 9.62 Å². The summed E-state index contributed by atoms with van der Waals surface area (Å²) in [4.78, 5) is 0. The molecule has 0 amide bonds. The molecule has 1 N–H and O–H groups in total. The zero-order valence-electron chi connectivity index (χ0n) is 9.28. The lowest BCUT2D eigenvalue weighted by molar-refractivity contribution is 0.248. The van der Waals surface area contributed by atoms with Crippen molar-refractivity contribution in [2.45, 2.75) is 43.4 Å². The predicted molar refractivity (Wildman–Crippen MR) is 60.2 cm³/mol. The molecular formula is C10H20N2O2S. The quantitative estimate of drug-likeness (QED) is 0.770. The molecule has 1 unspecified atom stereocenters. The van der Waals surface area contributed by atoms with E-state index in [1.54, 1.807) is 4.31 Å². The maximum atomic E-state index is 12.1. The zero-order chi connectivity index (χ0) is 10.9. The minimum absolute atomic E-state index is 0.0602. The molecule has 88 valence electrons. The molecule has 1 atom stereocenters. The van der Waals surface area contributed by atoms with E-state index in [0.29, 0.717) is 0 Å². The van der Waals surface area contributed by atoms with Crippen LogP contribution in [0.1, 0.15) is 32.1 Å². The van der Waals surface area contributed by atoms with Crippen molar-refractivity contribution in [3.63, 3.8) is 0 Å². The van der Waals surface area contributed by atoms with Crippen LogP contribution in [0.15, 0.2) is 0 Å². The summed E-state index contributed by atoms with van der Waals surface area (Å²) in [5, 5.41) is 3.03. The van der Waals surface area contributed by atoms with Gasteiger partial charge in [0.2, 0.25) is 10.0 Å². The van der Waals surface area contributed by atoms with Gasteiger partial charge >= 0.3 is 0 Å². The zero-order valence-corrected chi connectivity index (χ0v) is 10.1. The van der Waals surface area contributed by atoms with Crippen molar-refractivity contribution in [1.29, 1.82) is 0 Å².